The number of carbonyl (C=O) groups is 1. The number of ketones is 1. The molecule has 0 unspecified atom stereocenters. The van der Waals surface area contributed by atoms with Crippen molar-refractivity contribution < 1.29 is 9.53 Å². The number of aryl methyl sites for hydroxylation is 1. The lowest BCUT2D eigenvalue weighted by atomic mass is 10.00. The molecule has 0 amide bonds. The Morgan fingerprint density at radius 3 is 2.53 bits per heavy atom. The van der Waals surface area contributed by atoms with Gasteiger partial charge in [-0.25, -0.2) is 4.98 Å². The first-order valence-corrected chi connectivity index (χ1v) is 5.33. The second kappa shape index (κ2) is 4.78. The van der Waals surface area contributed by atoms with Crippen molar-refractivity contribution in [3.63, 3.8) is 0 Å². The van der Waals surface area contributed by atoms with E-state index in [4.69, 9.17) is 4.74 Å². The van der Waals surface area contributed by atoms with Gasteiger partial charge in [-0.05, 0) is 24.6 Å². The Morgan fingerprint density at radius 2 is 1.82 bits per heavy atom. The molecule has 0 aliphatic carbocycles. The van der Waals surface area contributed by atoms with Crippen LogP contribution in [0.4, 0.5) is 0 Å². The van der Waals surface area contributed by atoms with E-state index in [1.165, 1.54) is 7.11 Å². The van der Waals surface area contributed by atoms with E-state index in [9.17, 15) is 4.79 Å². The van der Waals surface area contributed by atoms with Gasteiger partial charge in [0.2, 0.25) is 5.88 Å². The van der Waals surface area contributed by atoms with E-state index in [1.807, 2.05) is 31.2 Å². The maximum atomic E-state index is 12.3. The summed E-state index contributed by atoms with van der Waals surface area (Å²) >= 11 is 0. The molecule has 0 N–H and O–H groups in total. The van der Waals surface area contributed by atoms with Crippen molar-refractivity contribution in [1.82, 2.24) is 4.98 Å². The molecule has 0 spiro atoms. The first-order chi connectivity index (χ1) is 8.24. The van der Waals surface area contributed by atoms with E-state index in [0.717, 1.165) is 5.56 Å². The van der Waals surface area contributed by atoms with Gasteiger partial charge in [0, 0.05) is 11.8 Å². The zero-order chi connectivity index (χ0) is 12.3. The summed E-state index contributed by atoms with van der Waals surface area (Å²) in [7, 11) is 1.51. The molecule has 2 rings (SSSR count). The van der Waals surface area contributed by atoms with Crippen LogP contribution < -0.4 is 4.74 Å². The van der Waals surface area contributed by atoms with E-state index in [1.54, 1.807) is 18.3 Å². The third-order valence-corrected chi connectivity index (χ3v) is 2.60. The van der Waals surface area contributed by atoms with Gasteiger partial charge in [0.25, 0.3) is 0 Å². The van der Waals surface area contributed by atoms with Gasteiger partial charge in [-0.3, -0.25) is 4.79 Å². The van der Waals surface area contributed by atoms with Gasteiger partial charge in [0.05, 0.1) is 12.7 Å². The number of rotatable bonds is 3. The Labute approximate surface area is 100 Å². The van der Waals surface area contributed by atoms with Gasteiger partial charge in [0.1, 0.15) is 0 Å². The van der Waals surface area contributed by atoms with E-state index >= 15 is 0 Å². The predicted molar refractivity (Wildman–Crippen MR) is 65.4 cm³/mol. The number of nitrogens with zero attached hydrogens (tertiary/aromatic N) is 1. The monoisotopic (exact) mass is 227 g/mol. The summed E-state index contributed by atoms with van der Waals surface area (Å²) in [6.45, 7) is 1.91. The Kier molecular flexibility index (Phi) is 3.19. The summed E-state index contributed by atoms with van der Waals surface area (Å²) in [5.74, 6) is 0.300. The molecule has 0 saturated heterocycles. The van der Waals surface area contributed by atoms with Crippen LogP contribution in [0.2, 0.25) is 0 Å². The van der Waals surface area contributed by atoms with Gasteiger partial charge >= 0.3 is 0 Å². The number of methoxy groups -OCH3 is 1. The molecule has 2 aromatic rings. The largest absolute Gasteiger partial charge is 0.480 e. The van der Waals surface area contributed by atoms with Crippen LogP contribution in [0.1, 0.15) is 21.5 Å². The van der Waals surface area contributed by atoms with Gasteiger partial charge in [-0.1, -0.05) is 24.3 Å². The molecule has 0 fully saturated rings. The van der Waals surface area contributed by atoms with E-state index in [2.05, 4.69) is 4.98 Å². The zero-order valence-corrected chi connectivity index (χ0v) is 9.81. The zero-order valence-electron chi connectivity index (χ0n) is 9.81. The van der Waals surface area contributed by atoms with Crippen LogP contribution in [0.25, 0.3) is 0 Å². The van der Waals surface area contributed by atoms with Crippen molar-refractivity contribution in [2.75, 3.05) is 7.11 Å². The fourth-order valence-corrected chi connectivity index (χ4v) is 1.70. The lowest BCUT2D eigenvalue weighted by Gasteiger charge is -2.07. The molecule has 0 atom stereocenters. The number of benzene rings is 1. The summed E-state index contributed by atoms with van der Waals surface area (Å²) in [5.41, 5.74) is 2.12. The molecule has 0 bridgehead atoms. The van der Waals surface area contributed by atoms with Crippen LogP contribution in [0.3, 0.4) is 0 Å². The van der Waals surface area contributed by atoms with Crippen molar-refractivity contribution in [3.05, 3.63) is 59.3 Å². The third-order valence-electron chi connectivity index (χ3n) is 2.60. The van der Waals surface area contributed by atoms with Gasteiger partial charge in [-0.2, -0.15) is 0 Å². The number of ether oxygens (including phenoxy) is 1. The highest BCUT2D eigenvalue weighted by Crippen LogP contribution is 2.20. The minimum absolute atomic E-state index is 0.0620. The lowest BCUT2D eigenvalue weighted by Crippen LogP contribution is -2.06. The van der Waals surface area contributed by atoms with Gasteiger partial charge in [-0.15, -0.1) is 0 Å². The SMILES string of the molecule is COc1ncccc1C(=O)c1ccccc1C. The molecular formula is C14H13NO2. The van der Waals surface area contributed by atoms with Crippen molar-refractivity contribution in [2.45, 2.75) is 6.92 Å². The molecule has 17 heavy (non-hydrogen) atoms. The number of hydrogen-bond acceptors (Lipinski definition) is 3. The average molecular weight is 227 g/mol. The second-order valence-electron chi connectivity index (χ2n) is 3.70. The Bertz CT molecular complexity index is 549. The second-order valence-corrected chi connectivity index (χ2v) is 3.70. The summed E-state index contributed by atoms with van der Waals surface area (Å²) < 4.78 is 5.10. The van der Waals surface area contributed by atoms with Crippen molar-refractivity contribution >= 4 is 5.78 Å². The summed E-state index contributed by atoms with van der Waals surface area (Å²) in [4.78, 5) is 16.4. The minimum atomic E-state index is -0.0620. The van der Waals surface area contributed by atoms with Crippen LogP contribution in [0, 0.1) is 6.92 Å². The molecule has 3 heteroatoms. The number of aromatic nitrogens is 1. The Hall–Kier alpha value is -2.16. The molecule has 0 radical (unpaired) electrons. The van der Waals surface area contributed by atoms with Crippen LogP contribution in [-0.4, -0.2) is 17.9 Å². The first-order valence-electron chi connectivity index (χ1n) is 5.33. The van der Waals surface area contributed by atoms with E-state index in [0.29, 0.717) is 17.0 Å². The highest BCUT2D eigenvalue weighted by Gasteiger charge is 2.16. The standard InChI is InChI=1S/C14H13NO2/c1-10-6-3-4-7-11(10)13(16)12-8-5-9-15-14(12)17-2/h3-9H,1-2H3. The van der Waals surface area contributed by atoms with Gasteiger partial charge in [0.15, 0.2) is 5.78 Å². The average Bonchev–Trinajstić information content (AvgIpc) is 2.38. The fourth-order valence-electron chi connectivity index (χ4n) is 1.70. The quantitative estimate of drug-likeness (QED) is 0.757. The van der Waals surface area contributed by atoms with Crippen molar-refractivity contribution in [3.8, 4) is 5.88 Å². The van der Waals surface area contributed by atoms with Gasteiger partial charge < -0.3 is 4.74 Å². The van der Waals surface area contributed by atoms with Crippen molar-refractivity contribution in [1.29, 1.82) is 0 Å². The number of hydrogen-bond donors (Lipinski definition) is 0. The molecule has 1 aromatic carbocycles. The topological polar surface area (TPSA) is 39.2 Å². The Balaban J connectivity index is 2.48. The molecule has 0 aliphatic rings. The van der Waals surface area contributed by atoms with E-state index < -0.39 is 0 Å². The molecule has 0 saturated carbocycles. The third kappa shape index (κ3) is 2.18. The fraction of sp³-hybridized carbons (Fsp3) is 0.143. The molecule has 0 aliphatic heterocycles. The van der Waals surface area contributed by atoms with Crippen LogP contribution in [0.15, 0.2) is 42.6 Å². The normalized spacial score (nSPS) is 10.0. The minimum Gasteiger partial charge on any atom is -0.480 e. The van der Waals surface area contributed by atoms with Crippen molar-refractivity contribution in [2.24, 2.45) is 0 Å². The van der Waals surface area contributed by atoms with Crippen LogP contribution >= 0.6 is 0 Å². The molecule has 86 valence electrons. The molecule has 1 aromatic heterocycles. The smallest absolute Gasteiger partial charge is 0.224 e. The summed E-state index contributed by atoms with van der Waals surface area (Å²) in [6.07, 6.45) is 1.60. The lowest BCUT2D eigenvalue weighted by molar-refractivity contribution is 0.103. The van der Waals surface area contributed by atoms with E-state index in [-0.39, 0.29) is 5.78 Å². The highest BCUT2D eigenvalue weighted by molar-refractivity contribution is 6.11. The first kappa shape index (κ1) is 11.3. The maximum absolute atomic E-state index is 12.3. The molecule has 1 heterocycles. The molecule has 3 nitrogen and oxygen atoms in total. The Morgan fingerprint density at radius 1 is 1.12 bits per heavy atom. The number of pyridine rings is 1. The van der Waals surface area contributed by atoms with Crippen LogP contribution in [0.5, 0.6) is 5.88 Å². The summed E-state index contributed by atoms with van der Waals surface area (Å²) in [5, 5.41) is 0. The highest BCUT2D eigenvalue weighted by atomic mass is 16.5. The maximum Gasteiger partial charge on any atom is 0.224 e. The number of carbonyl (C=O) groups excluding carboxylic acids is 1. The summed E-state index contributed by atoms with van der Waals surface area (Å²) in [6, 6.07) is 10.9. The molecular weight excluding hydrogens is 214 g/mol. The predicted octanol–water partition coefficient (Wildman–Crippen LogP) is 2.63. The van der Waals surface area contributed by atoms with Crippen LogP contribution in [-0.2, 0) is 0 Å².